The van der Waals surface area contributed by atoms with Gasteiger partial charge in [0.25, 0.3) is 5.95 Å². The fraction of sp³-hybridized carbons (Fsp3) is 0.458. The van der Waals surface area contributed by atoms with Gasteiger partial charge < -0.3 is 9.64 Å². The number of likely N-dealkylation sites (tertiary alicyclic amines) is 1. The SMILES string of the molecule is Fc1ccc(-c2cc(C3CCCN(CC4CCCOC4)C3)n(-c3ncccn3)n2)cc1. The summed E-state index contributed by atoms with van der Waals surface area (Å²) in [5.41, 5.74) is 2.83. The van der Waals surface area contributed by atoms with E-state index in [0.717, 1.165) is 62.6 Å². The number of nitrogens with zero attached hydrogens (tertiary/aromatic N) is 5. The number of piperidine rings is 1. The van der Waals surface area contributed by atoms with Crippen LogP contribution in [0.5, 0.6) is 0 Å². The first-order chi connectivity index (χ1) is 15.3. The Hall–Kier alpha value is -2.64. The van der Waals surface area contributed by atoms with Crippen molar-refractivity contribution in [2.75, 3.05) is 32.8 Å². The fourth-order valence-corrected chi connectivity index (χ4v) is 4.79. The van der Waals surface area contributed by atoms with Crippen LogP contribution < -0.4 is 0 Å². The summed E-state index contributed by atoms with van der Waals surface area (Å²) in [6.45, 7) is 5.01. The van der Waals surface area contributed by atoms with Crippen LogP contribution in [-0.4, -0.2) is 57.5 Å². The monoisotopic (exact) mass is 421 g/mol. The number of aromatic nitrogens is 4. The molecule has 0 bridgehead atoms. The Morgan fingerprint density at radius 2 is 1.90 bits per heavy atom. The minimum Gasteiger partial charge on any atom is -0.381 e. The van der Waals surface area contributed by atoms with Crippen LogP contribution >= 0.6 is 0 Å². The van der Waals surface area contributed by atoms with Crippen molar-refractivity contribution in [1.82, 2.24) is 24.6 Å². The zero-order valence-corrected chi connectivity index (χ0v) is 17.7. The second-order valence-electron chi connectivity index (χ2n) is 8.60. The Morgan fingerprint density at radius 1 is 1.06 bits per heavy atom. The van der Waals surface area contributed by atoms with E-state index in [9.17, 15) is 4.39 Å². The van der Waals surface area contributed by atoms with Gasteiger partial charge in [-0.15, -0.1) is 0 Å². The van der Waals surface area contributed by atoms with Gasteiger partial charge in [0.05, 0.1) is 18.0 Å². The first-order valence-electron chi connectivity index (χ1n) is 11.2. The molecule has 2 atom stereocenters. The third-order valence-corrected chi connectivity index (χ3v) is 6.31. The van der Waals surface area contributed by atoms with E-state index in [1.54, 1.807) is 24.5 Å². The van der Waals surface area contributed by atoms with Crippen molar-refractivity contribution in [2.24, 2.45) is 5.92 Å². The summed E-state index contributed by atoms with van der Waals surface area (Å²) in [5.74, 6) is 1.31. The summed E-state index contributed by atoms with van der Waals surface area (Å²) in [6.07, 6.45) is 8.17. The Morgan fingerprint density at radius 3 is 2.68 bits per heavy atom. The van der Waals surface area contributed by atoms with Crippen LogP contribution in [0.1, 0.15) is 37.3 Å². The van der Waals surface area contributed by atoms with E-state index < -0.39 is 0 Å². The highest BCUT2D eigenvalue weighted by Gasteiger charge is 2.28. The highest BCUT2D eigenvalue weighted by molar-refractivity contribution is 5.60. The second-order valence-corrected chi connectivity index (χ2v) is 8.60. The molecular weight excluding hydrogens is 393 g/mol. The molecule has 0 radical (unpaired) electrons. The molecule has 0 saturated carbocycles. The molecule has 0 N–H and O–H groups in total. The molecule has 2 aliphatic heterocycles. The van der Waals surface area contributed by atoms with E-state index in [4.69, 9.17) is 9.84 Å². The first-order valence-corrected chi connectivity index (χ1v) is 11.2. The molecule has 0 spiro atoms. The van der Waals surface area contributed by atoms with Gasteiger partial charge >= 0.3 is 0 Å². The third-order valence-electron chi connectivity index (χ3n) is 6.31. The average Bonchev–Trinajstić information content (AvgIpc) is 3.27. The van der Waals surface area contributed by atoms with Gasteiger partial charge in [-0.3, -0.25) is 0 Å². The third kappa shape index (κ3) is 4.67. The van der Waals surface area contributed by atoms with Gasteiger partial charge in [-0.05, 0) is 74.5 Å². The molecule has 2 saturated heterocycles. The number of halogens is 1. The first kappa shape index (κ1) is 20.3. The quantitative estimate of drug-likeness (QED) is 0.622. The van der Waals surface area contributed by atoms with E-state index in [1.165, 1.54) is 25.0 Å². The van der Waals surface area contributed by atoms with E-state index >= 15 is 0 Å². The van der Waals surface area contributed by atoms with Gasteiger partial charge in [-0.25, -0.2) is 19.0 Å². The van der Waals surface area contributed by atoms with Gasteiger partial charge in [0.1, 0.15) is 5.82 Å². The molecule has 2 aliphatic rings. The molecular formula is C24H28FN5O. The largest absolute Gasteiger partial charge is 0.381 e. The molecule has 2 fully saturated rings. The van der Waals surface area contributed by atoms with Gasteiger partial charge in [0.15, 0.2) is 0 Å². The normalized spacial score (nSPS) is 22.5. The van der Waals surface area contributed by atoms with E-state index in [0.29, 0.717) is 17.8 Å². The summed E-state index contributed by atoms with van der Waals surface area (Å²) in [4.78, 5) is 11.5. The Labute approximate surface area is 182 Å². The summed E-state index contributed by atoms with van der Waals surface area (Å²) in [7, 11) is 0. The van der Waals surface area contributed by atoms with Crippen molar-refractivity contribution in [1.29, 1.82) is 0 Å². The fourth-order valence-electron chi connectivity index (χ4n) is 4.79. The summed E-state index contributed by atoms with van der Waals surface area (Å²) in [5, 5.41) is 4.83. The number of hydrogen-bond donors (Lipinski definition) is 0. The molecule has 5 rings (SSSR count). The maximum atomic E-state index is 13.4. The lowest BCUT2D eigenvalue weighted by Crippen LogP contribution is -2.40. The van der Waals surface area contributed by atoms with Crippen LogP contribution in [0.2, 0.25) is 0 Å². The van der Waals surface area contributed by atoms with Crippen LogP contribution in [0.15, 0.2) is 48.8 Å². The molecule has 162 valence electrons. The zero-order chi connectivity index (χ0) is 21.0. The average molecular weight is 422 g/mol. The maximum absolute atomic E-state index is 13.4. The molecule has 7 heteroatoms. The van der Waals surface area contributed by atoms with Crippen LogP contribution in [0, 0.1) is 11.7 Å². The molecule has 4 heterocycles. The molecule has 3 aromatic rings. The van der Waals surface area contributed by atoms with Crippen molar-refractivity contribution < 1.29 is 9.13 Å². The predicted molar refractivity (Wildman–Crippen MR) is 117 cm³/mol. The molecule has 1 aromatic carbocycles. The predicted octanol–water partition coefficient (Wildman–Crippen LogP) is 4.07. The van der Waals surface area contributed by atoms with Crippen LogP contribution in [-0.2, 0) is 4.74 Å². The van der Waals surface area contributed by atoms with Crippen molar-refractivity contribution in [3.8, 4) is 17.2 Å². The highest BCUT2D eigenvalue weighted by atomic mass is 19.1. The molecule has 0 aliphatic carbocycles. The van der Waals surface area contributed by atoms with Gasteiger partial charge in [-0.1, -0.05) is 0 Å². The van der Waals surface area contributed by atoms with E-state index in [1.807, 2.05) is 10.7 Å². The maximum Gasteiger partial charge on any atom is 0.250 e. The molecule has 0 amide bonds. The van der Waals surface area contributed by atoms with Crippen LogP contribution in [0.4, 0.5) is 4.39 Å². The minimum absolute atomic E-state index is 0.246. The lowest BCUT2D eigenvalue weighted by atomic mass is 9.92. The number of ether oxygens (including phenoxy) is 1. The standard InChI is InChI=1S/C24H28FN5O/c25-21-8-6-19(7-9-21)22-14-23(30(28-22)24-26-10-3-11-27-24)20-5-1-12-29(16-20)15-18-4-2-13-31-17-18/h3,6-11,14,18,20H,1-2,4-5,12-13,15-17H2. The Bertz CT molecular complexity index is 985. The molecule has 6 nitrogen and oxygen atoms in total. The van der Waals surface area contributed by atoms with Crippen molar-refractivity contribution in [3.63, 3.8) is 0 Å². The Balaban J connectivity index is 1.43. The summed E-state index contributed by atoms with van der Waals surface area (Å²) >= 11 is 0. The van der Waals surface area contributed by atoms with E-state index in [2.05, 4.69) is 20.9 Å². The minimum atomic E-state index is -0.246. The number of hydrogen-bond acceptors (Lipinski definition) is 5. The summed E-state index contributed by atoms with van der Waals surface area (Å²) in [6, 6.07) is 10.4. The van der Waals surface area contributed by atoms with Crippen LogP contribution in [0.3, 0.4) is 0 Å². The van der Waals surface area contributed by atoms with Crippen molar-refractivity contribution in [3.05, 3.63) is 60.3 Å². The van der Waals surface area contributed by atoms with Gasteiger partial charge in [0.2, 0.25) is 0 Å². The second kappa shape index (κ2) is 9.24. The summed E-state index contributed by atoms with van der Waals surface area (Å²) < 4.78 is 21.0. The van der Waals surface area contributed by atoms with Gasteiger partial charge in [0, 0.05) is 43.6 Å². The lowest BCUT2D eigenvalue weighted by Gasteiger charge is -2.36. The number of rotatable bonds is 5. The van der Waals surface area contributed by atoms with Crippen molar-refractivity contribution >= 4 is 0 Å². The van der Waals surface area contributed by atoms with Gasteiger partial charge in [-0.2, -0.15) is 5.10 Å². The molecule has 2 unspecified atom stereocenters. The van der Waals surface area contributed by atoms with Crippen LogP contribution in [0.25, 0.3) is 17.2 Å². The zero-order valence-electron chi connectivity index (χ0n) is 17.7. The Kier molecular flexibility index (Phi) is 6.04. The topological polar surface area (TPSA) is 56.1 Å². The number of benzene rings is 1. The smallest absolute Gasteiger partial charge is 0.250 e. The van der Waals surface area contributed by atoms with E-state index in [-0.39, 0.29) is 5.82 Å². The molecule has 2 aromatic heterocycles. The van der Waals surface area contributed by atoms with Crippen molar-refractivity contribution in [2.45, 2.75) is 31.6 Å². The molecule has 31 heavy (non-hydrogen) atoms. The lowest BCUT2D eigenvalue weighted by molar-refractivity contribution is 0.0339. The highest BCUT2D eigenvalue weighted by Crippen LogP contribution is 2.32.